The molecule has 1 aliphatic carbocycles. The number of rotatable bonds is 8. The molecule has 0 unspecified atom stereocenters. The number of halogens is 1. The van der Waals surface area contributed by atoms with Gasteiger partial charge in [0.2, 0.25) is 5.95 Å². The van der Waals surface area contributed by atoms with E-state index in [1.54, 1.807) is 13.3 Å². The molecule has 0 atom stereocenters. The fraction of sp³-hybridized carbons (Fsp3) is 0.500. The molecular weight excluding hydrogens is 471 g/mol. The summed E-state index contributed by atoms with van der Waals surface area (Å²) in [6, 6.07) is 6.51. The lowest BCUT2D eigenvalue weighted by Gasteiger charge is -2.32. The van der Waals surface area contributed by atoms with E-state index in [1.807, 2.05) is 18.2 Å². The molecule has 3 N–H and O–H groups in total. The average Bonchev–Trinajstić information content (AvgIpc) is 3.61. The predicted octanol–water partition coefficient (Wildman–Crippen LogP) is 4.90. The Labute approximate surface area is 205 Å². The third-order valence-electron chi connectivity index (χ3n) is 6.62. The van der Waals surface area contributed by atoms with Gasteiger partial charge in [0.15, 0.2) is 0 Å². The summed E-state index contributed by atoms with van der Waals surface area (Å²) in [7, 11) is -0.799. The van der Waals surface area contributed by atoms with Crippen LogP contribution in [0.15, 0.2) is 24.4 Å². The highest BCUT2D eigenvalue weighted by Gasteiger charge is 2.37. The van der Waals surface area contributed by atoms with Gasteiger partial charge in [0.1, 0.15) is 24.4 Å². The van der Waals surface area contributed by atoms with Gasteiger partial charge in [0, 0.05) is 49.5 Å². The van der Waals surface area contributed by atoms with Gasteiger partial charge in [-0.1, -0.05) is 25.4 Å². The van der Waals surface area contributed by atoms with E-state index in [0.717, 1.165) is 54.4 Å². The van der Waals surface area contributed by atoms with Crippen molar-refractivity contribution in [3.05, 3.63) is 29.4 Å². The van der Waals surface area contributed by atoms with E-state index in [2.05, 4.69) is 44.3 Å². The zero-order valence-electron chi connectivity index (χ0n) is 19.9. The Morgan fingerprint density at radius 2 is 2.03 bits per heavy atom. The summed E-state index contributed by atoms with van der Waals surface area (Å²) in [5, 5.41) is 8.88. The number of benzene rings is 1. The Kier molecular flexibility index (Phi) is 6.49. The maximum atomic E-state index is 13.7. The normalized spacial score (nSPS) is 18.4. The van der Waals surface area contributed by atoms with E-state index in [4.69, 9.17) is 16.3 Å². The second-order valence-corrected chi connectivity index (χ2v) is 13.2. The van der Waals surface area contributed by atoms with Gasteiger partial charge in [0.05, 0.1) is 23.2 Å². The zero-order chi connectivity index (χ0) is 23.9. The first-order valence-corrected chi connectivity index (χ1v) is 14.4. The van der Waals surface area contributed by atoms with Crippen molar-refractivity contribution in [3.63, 3.8) is 0 Å². The van der Waals surface area contributed by atoms with Gasteiger partial charge in [-0.3, -0.25) is 4.90 Å². The van der Waals surface area contributed by atoms with E-state index in [1.165, 1.54) is 12.8 Å². The standard InChI is InChI=1S/C24H32ClN6O2P/c1-15(2)13-26-22-21-18(25)14-27-23(21)30-24(29-22)28-19-7-6-17(12-20(19)33-3)34(32)10-8-31(9-11-34)16-4-5-16/h6-7,12,14-16H,4-5,8-11,13H2,1-3H3,(H3,26,27,28,29,30). The number of ether oxygens (including phenoxy) is 1. The third-order valence-corrected chi connectivity index (χ3v) is 9.99. The maximum Gasteiger partial charge on any atom is 0.231 e. The lowest BCUT2D eigenvalue weighted by atomic mass is 10.2. The van der Waals surface area contributed by atoms with Crippen LogP contribution in [0.2, 0.25) is 5.02 Å². The molecule has 0 spiro atoms. The summed E-state index contributed by atoms with van der Waals surface area (Å²) in [5.74, 6) is 2.18. The topological polar surface area (TPSA) is 95.2 Å². The van der Waals surface area contributed by atoms with Crippen molar-refractivity contribution in [1.82, 2.24) is 19.9 Å². The summed E-state index contributed by atoms with van der Waals surface area (Å²) in [4.78, 5) is 14.9. The minimum absolute atomic E-state index is 0.424. The molecule has 5 rings (SSSR count). The van der Waals surface area contributed by atoms with Crippen LogP contribution in [0.1, 0.15) is 26.7 Å². The van der Waals surface area contributed by atoms with Crippen LogP contribution >= 0.6 is 18.7 Å². The van der Waals surface area contributed by atoms with Crippen LogP contribution in [-0.2, 0) is 4.57 Å². The third kappa shape index (κ3) is 4.77. The first kappa shape index (κ1) is 23.5. The molecule has 2 aromatic heterocycles. The molecular formula is C24H32ClN6O2P. The van der Waals surface area contributed by atoms with Gasteiger partial charge < -0.3 is 24.9 Å². The van der Waals surface area contributed by atoms with Crippen LogP contribution < -0.4 is 20.7 Å². The minimum Gasteiger partial charge on any atom is -0.495 e. The number of hydrogen-bond acceptors (Lipinski definition) is 7. The predicted molar refractivity (Wildman–Crippen MR) is 140 cm³/mol. The fourth-order valence-corrected chi connectivity index (χ4v) is 7.34. The SMILES string of the molecule is COc1cc(P2(=O)CCN(C3CC3)CC2)ccc1Nc1nc(NCC(C)C)c2c(Cl)c[nH]c2n1. The van der Waals surface area contributed by atoms with Crippen molar-refractivity contribution < 1.29 is 9.30 Å². The Morgan fingerprint density at radius 3 is 2.71 bits per heavy atom. The van der Waals surface area contributed by atoms with Crippen molar-refractivity contribution in [2.45, 2.75) is 32.7 Å². The smallest absolute Gasteiger partial charge is 0.231 e. The molecule has 1 saturated carbocycles. The molecule has 0 amide bonds. The van der Waals surface area contributed by atoms with E-state index >= 15 is 0 Å². The molecule has 2 fully saturated rings. The second-order valence-electron chi connectivity index (χ2n) is 9.64. The van der Waals surface area contributed by atoms with Crippen molar-refractivity contribution in [1.29, 1.82) is 0 Å². The zero-order valence-corrected chi connectivity index (χ0v) is 21.5. The van der Waals surface area contributed by atoms with Crippen LogP contribution in [-0.4, -0.2) is 65.0 Å². The second kappa shape index (κ2) is 9.40. The molecule has 10 heteroatoms. The molecule has 34 heavy (non-hydrogen) atoms. The van der Waals surface area contributed by atoms with Gasteiger partial charge >= 0.3 is 0 Å². The summed E-state index contributed by atoms with van der Waals surface area (Å²) in [6.07, 6.45) is 5.76. The van der Waals surface area contributed by atoms with E-state index < -0.39 is 7.14 Å². The van der Waals surface area contributed by atoms with E-state index in [-0.39, 0.29) is 0 Å². The molecule has 182 valence electrons. The number of aromatic amines is 1. The Hall–Kier alpha value is -2.28. The van der Waals surface area contributed by atoms with Gasteiger partial charge in [0.25, 0.3) is 0 Å². The van der Waals surface area contributed by atoms with Crippen molar-refractivity contribution in [2.24, 2.45) is 5.92 Å². The highest BCUT2D eigenvalue weighted by molar-refractivity contribution is 7.71. The van der Waals surface area contributed by atoms with E-state index in [9.17, 15) is 4.57 Å². The molecule has 1 aliphatic heterocycles. The monoisotopic (exact) mass is 502 g/mol. The molecule has 3 aromatic rings. The van der Waals surface area contributed by atoms with Crippen molar-refractivity contribution in [2.75, 3.05) is 49.7 Å². The molecule has 2 aliphatic rings. The van der Waals surface area contributed by atoms with Gasteiger partial charge in [-0.15, -0.1) is 0 Å². The summed E-state index contributed by atoms with van der Waals surface area (Å²) in [5.41, 5.74) is 1.37. The summed E-state index contributed by atoms with van der Waals surface area (Å²) < 4.78 is 19.4. The van der Waals surface area contributed by atoms with Crippen molar-refractivity contribution in [3.8, 4) is 5.75 Å². The Balaban J connectivity index is 1.39. The van der Waals surface area contributed by atoms with E-state index in [0.29, 0.717) is 34.1 Å². The first-order valence-electron chi connectivity index (χ1n) is 11.9. The number of H-pyrrole nitrogens is 1. The number of hydrogen-bond donors (Lipinski definition) is 3. The van der Waals surface area contributed by atoms with Gasteiger partial charge in [-0.2, -0.15) is 9.97 Å². The van der Waals surface area contributed by atoms with Crippen LogP contribution in [0.3, 0.4) is 0 Å². The molecule has 1 aromatic carbocycles. The average molecular weight is 503 g/mol. The highest BCUT2D eigenvalue weighted by atomic mass is 35.5. The molecule has 0 bridgehead atoms. The van der Waals surface area contributed by atoms with Gasteiger partial charge in [-0.05, 0) is 37.0 Å². The first-order chi connectivity index (χ1) is 16.4. The number of aromatic nitrogens is 3. The quantitative estimate of drug-likeness (QED) is 0.377. The maximum absolute atomic E-state index is 13.7. The highest BCUT2D eigenvalue weighted by Crippen LogP contribution is 2.49. The number of anilines is 3. The molecule has 3 heterocycles. The molecule has 8 nitrogen and oxygen atoms in total. The van der Waals surface area contributed by atoms with Gasteiger partial charge in [-0.25, -0.2) is 0 Å². The Bertz CT molecular complexity index is 1230. The lowest BCUT2D eigenvalue weighted by Crippen LogP contribution is -2.38. The minimum atomic E-state index is -2.42. The fourth-order valence-electron chi connectivity index (χ4n) is 4.50. The Morgan fingerprint density at radius 1 is 1.26 bits per heavy atom. The number of nitrogens with zero attached hydrogens (tertiary/aromatic N) is 3. The van der Waals surface area contributed by atoms with Crippen molar-refractivity contribution >= 4 is 52.5 Å². The molecule has 1 saturated heterocycles. The lowest BCUT2D eigenvalue weighted by molar-refractivity contribution is 0.285. The largest absolute Gasteiger partial charge is 0.495 e. The van der Waals surface area contributed by atoms with Crippen LogP contribution in [0.5, 0.6) is 5.75 Å². The molecule has 0 radical (unpaired) electrons. The summed E-state index contributed by atoms with van der Waals surface area (Å²) in [6.45, 7) is 6.87. The number of methoxy groups -OCH3 is 1. The number of fused-ring (bicyclic) bond motifs is 1. The number of nitrogens with one attached hydrogen (secondary N) is 3. The van der Waals surface area contributed by atoms with Crippen LogP contribution in [0, 0.1) is 5.92 Å². The van der Waals surface area contributed by atoms with Crippen LogP contribution in [0.25, 0.3) is 11.0 Å². The van der Waals surface area contributed by atoms with Crippen LogP contribution in [0.4, 0.5) is 17.5 Å². The summed E-state index contributed by atoms with van der Waals surface area (Å²) >= 11 is 6.37.